The van der Waals surface area contributed by atoms with E-state index in [9.17, 15) is 0 Å². The number of aryl methyl sites for hydroxylation is 1. The predicted octanol–water partition coefficient (Wildman–Crippen LogP) is 15.7. The number of fused-ring (bicyclic) bond motifs is 7. The van der Waals surface area contributed by atoms with E-state index in [0.717, 1.165) is 6.42 Å². The molecule has 69 heavy (non-hydrogen) atoms. The Balaban J connectivity index is 1.10. The highest BCUT2D eigenvalue weighted by Crippen LogP contribution is 2.62. The molecule has 3 heterocycles. The zero-order chi connectivity index (χ0) is 47.6. The van der Waals surface area contributed by atoms with Crippen LogP contribution >= 0.6 is 0 Å². The van der Waals surface area contributed by atoms with E-state index in [4.69, 9.17) is 0 Å². The third-order valence-corrected chi connectivity index (χ3v) is 16.8. The summed E-state index contributed by atoms with van der Waals surface area (Å²) in [6.45, 7) is 21.3. The molecule has 1 saturated carbocycles. The van der Waals surface area contributed by atoms with Gasteiger partial charge in [0.05, 0.1) is 11.2 Å². The highest BCUT2D eigenvalue weighted by molar-refractivity contribution is 7.00. The van der Waals surface area contributed by atoms with Crippen LogP contribution in [-0.2, 0) is 16.2 Å². The van der Waals surface area contributed by atoms with Crippen molar-refractivity contribution in [3.05, 3.63) is 198 Å². The summed E-state index contributed by atoms with van der Waals surface area (Å²) < 4.78 is 0. The Hall–Kier alpha value is -6.78. The molecule has 0 amide bonds. The summed E-state index contributed by atoms with van der Waals surface area (Å²) in [5.41, 5.74) is 24.4. The molecular weight excluding hydrogens is 834 g/mol. The van der Waals surface area contributed by atoms with Crippen molar-refractivity contribution in [3.63, 3.8) is 0 Å². The SMILES string of the molecule is Cc1cc2c3c(c1)N(c1ccc(C(C)(C)C)cc1-c1ccccc1)c1ccccc1B3c1ccc(N3c4ccc(-c5ccccc5)cc4C4(C)CCCCC34C)cc1N2c1ccc(C(C)(C)C)cc1. The fourth-order valence-electron chi connectivity index (χ4n) is 12.9. The number of benzene rings is 8. The smallest absolute Gasteiger partial charge is 0.252 e. The van der Waals surface area contributed by atoms with Gasteiger partial charge in [0.15, 0.2) is 0 Å². The van der Waals surface area contributed by atoms with Crippen LogP contribution in [-0.4, -0.2) is 12.3 Å². The Morgan fingerprint density at radius 1 is 0.449 bits per heavy atom. The Bertz CT molecular complexity index is 3310. The summed E-state index contributed by atoms with van der Waals surface area (Å²) in [6, 6.07) is 67.6. The van der Waals surface area contributed by atoms with Crippen LogP contribution in [0.25, 0.3) is 22.3 Å². The molecule has 8 aromatic carbocycles. The lowest BCUT2D eigenvalue weighted by atomic mass is 9.33. The highest BCUT2D eigenvalue weighted by Gasteiger charge is 2.58. The Kier molecular flexibility index (Phi) is 9.85. The van der Waals surface area contributed by atoms with Crippen LogP contribution in [0.1, 0.15) is 103 Å². The van der Waals surface area contributed by atoms with Crippen LogP contribution < -0.4 is 31.1 Å². The molecule has 0 aromatic heterocycles. The first-order valence-electron chi connectivity index (χ1n) is 25.4. The number of nitrogens with zero attached hydrogens (tertiary/aromatic N) is 3. The van der Waals surface area contributed by atoms with Crippen molar-refractivity contribution in [2.45, 2.75) is 110 Å². The molecule has 0 N–H and O–H groups in total. The van der Waals surface area contributed by atoms with Crippen molar-refractivity contribution in [1.82, 2.24) is 0 Å². The molecule has 2 atom stereocenters. The topological polar surface area (TPSA) is 9.72 Å². The number of rotatable bonds is 5. The number of anilines is 8. The van der Waals surface area contributed by atoms with E-state index in [-0.39, 0.29) is 28.5 Å². The third kappa shape index (κ3) is 6.69. The average Bonchev–Trinajstić information content (AvgIpc) is 3.56. The van der Waals surface area contributed by atoms with Crippen LogP contribution in [0.3, 0.4) is 0 Å². The summed E-state index contributed by atoms with van der Waals surface area (Å²) in [6.07, 6.45) is 4.81. The Morgan fingerprint density at radius 3 is 1.75 bits per heavy atom. The standard InChI is InChI=1S/C65H64BN3/c1-43-38-59-61-60(39-43)68(55-35-29-48(63(5,6)7)41-51(55)45-22-14-11-15-23-45)57-25-17-16-24-53(57)66(61)54-33-32-50(42-58(54)67(59)49-30-27-47(28-31-49)62(2,3)4)69-56-34-26-46(44-20-12-10-13-21-44)40-52(56)64(8)36-18-19-37-65(64,69)9/h10-17,20-35,38-42H,18-19,36-37H2,1-9H3. The van der Waals surface area contributed by atoms with Crippen molar-refractivity contribution in [2.24, 2.45) is 0 Å². The zero-order valence-electron chi connectivity index (χ0n) is 42.0. The van der Waals surface area contributed by atoms with Gasteiger partial charge in [-0.25, -0.2) is 0 Å². The maximum Gasteiger partial charge on any atom is 0.252 e. The van der Waals surface area contributed by atoms with Gasteiger partial charge in [-0.2, -0.15) is 0 Å². The summed E-state index contributed by atoms with van der Waals surface area (Å²) in [4.78, 5) is 7.96. The van der Waals surface area contributed by atoms with Gasteiger partial charge in [0.1, 0.15) is 0 Å². The first-order chi connectivity index (χ1) is 33.1. The Labute approximate surface area is 411 Å². The van der Waals surface area contributed by atoms with Crippen molar-refractivity contribution in [3.8, 4) is 22.3 Å². The number of hydrogen-bond acceptors (Lipinski definition) is 3. The van der Waals surface area contributed by atoms with Gasteiger partial charge in [-0.15, -0.1) is 0 Å². The molecule has 1 aliphatic carbocycles. The van der Waals surface area contributed by atoms with E-state index in [1.807, 2.05) is 0 Å². The second-order valence-electron chi connectivity index (χ2n) is 23.0. The largest absolute Gasteiger partial charge is 0.334 e. The summed E-state index contributed by atoms with van der Waals surface area (Å²) in [7, 11) is 0. The normalized spacial score (nSPS) is 19.1. The molecule has 0 bridgehead atoms. The average molecular weight is 898 g/mol. The van der Waals surface area contributed by atoms with Gasteiger partial charge >= 0.3 is 0 Å². The van der Waals surface area contributed by atoms with Gasteiger partial charge < -0.3 is 14.7 Å². The lowest BCUT2D eigenvalue weighted by Gasteiger charge is -2.50. The molecule has 3 aliphatic heterocycles. The quantitative estimate of drug-likeness (QED) is 0.159. The van der Waals surface area contributed by atoms with E-state index in [0.29, 0.717) is 0 Å². The third-order valence-electron chi connectivity index (χ3n) is 16.8. The van der Waals surface area contributed by atoms with Gasteiger partial charge in [0.2, 0.25) is 0 Å². The molecule has 2 unspecified atom stereocenters. The number of para-hydroxylation sites is 1. The molecule has 3 nitrogen and oxygen atoms in total. The first kappa shape index (κ1) is 43.5. The maximum atomic E-state index is 2.76. The number of hydrogen-bond donors (Lipinski definition) is 0. The molecule has 4 aliphatic rings. The maximum absolute atomic E-state index is 2.76. The minimum Gasteiger partial charge on any atom is -0.334 e. The summed E-state index contributed by atoms with van der Waals surface area (Å²) in [5, 5.41) is 0. The highest BCUT2D eigenvalue weighted by atomic mass is 15.3. The molecule has 12 rings (SSSR count). The molecule has 342 valence electrons. The van der Waals surface area contributed by atoms with E-state index in [1.165, 1.54) is 126 Å². The van der Waals surface area contributed by atoms with Crippen LogP contribution in [0.5, 0.6) is 0 Å². The minimum absolute atomic E-state index is 0.00216. The Morgan fingerprint density at radius 2 is 1.04 bits per heavy atom. The monoisotopic (exact) mass is 898 g/mol. The second-order valence-corrected chi connectivity index (χ2v) is 23.0. The van der Waals surface area contributed by atoms with E-state index in [2.05, 4.69) is 253 Å². The lowest BCUT2D eigenvalue weighted by Crippen LogP contribution is -2.61. The van der Waals surface area contributed by atoms with Crippen LogP contribution in [0.4, 0.5) is 45.5 Å². The summed E-state index contributed by atoms with van der Waals surface area (Å²) >= 11 is 0. The minimum atomic E-state index is -0.0937. The first-order valence-corrected chi connectivity index (χ1v) is 25.4. The molecule has 4 heteroatoms. The second kappa shape index (κ2) is 15.6. The van der Waals surface area contributed by atoms with E-state index < -0.39 is 0 Å². The van der Waals surface area contributed by atoms with Crippen molar-refractivity contribution in [1.29, 1.82) is 0 Å². The lowest BCUT2D eigenvalue weighted by molar-refractivity contribution is 0.195. The van der Waals surface area contributed by atoms with Gasteiger partial charge in [-0.1, -0.05) is 171 Å². The van der Waals surface area contributed by atoms with Gasteiger partial charge in [-0.05, 0) is 160 Å². The predicted molar refractivity (Wildman–Crippen MR) is 296 cm³/mol. The van der Waals surface area contributed by atoms with Gasteiger partial charge in [0, 0.05) is 50.8 Å². The molecule has 0 radical (unpaired) electrons. The van der Waals surface area contributed by atoms with Crippen molar-refractivity contribution < 1.29 is 0 Å². The molecule has 1 fully saturated rings. The van der Waals surface area contributed by atoms with Crippen LogP contribution in [0.2, 0.25) is 0 Å². The molecular formula is C65H64BN3. The van der Waals surface area contributed by atoms with Gasteiger partial charge in [-0.3, -0.25) is 0 Å². The van der Waals surface area contributed by atoms with Crippen LogP contribution in [0.15, 0.2) is 176 Å². The zero-order valence-corrected chi connectivity index (χ0v) is 42.0. The fourth-order valence-corrected chi connectivity index (χ4v) is 12.9. The van der Waals surface area contributed by atoms with E-state index >= 15 is 0 Å². The molecule has 8 aromatic rings. The fraction of sp³-hybridized carbons (Fsp3) is 0.262. The van der Waals surface area contributed by atoms with Crippen LogP contribution in [0, 0.1) is 6.92 Å². The molecule has 0 spiro atoms. The summed E-state index contributed by atoms with van der Waals surface area (Å²) in [5.74, 6) is 0. The van der Waals surface area contributed by atoms with E-state index in [1.54, 1.807) is 0 Å². The van der Waals surface area contributed by atoms with Crippen molar-refractivity contribution in [2.75, 3.05) is 14.7 Å². The van der Waals surface area contributed by atoms with Crippen molar-refractivity contribution >= 4 is 68.6 Å². The van der Waals surface area contributed by atoms with Gasteiger partial charge in [0.25, 0.3) is 6.71 Å². The molecule has 0 saturated heterocycles.